The Morgan fingerprint density at radius 3 is 2.35 bits per heavy atom. The van der Waals surface area contributed by atoms with Crippen LogP contribution in [0.2, 0.25) is 0 Å². The summed E-state index contributed by atoms with van der Waals surface area (Å²) >= 11 is 0. The minimum absolute atomic E-state index is 0.0574. The Labute approximate surface area is 103 Å². The second kappa shape index (κ2) is 10.7. The number of ether oxygens (including phenoxy) is 5. The lowest BCUT2D eigenvalue weighted by Gasteiger charge is -2.19. The van der Waals surface area contributed by atoms with Gasteiger partial charge in [0.05, 0.1) is 59.5 Å². The maximum absolute atomic E-state index is 5.61. The van der Waals surface area contributed by atoms with E-state index in [-0.39, 0.29) is 6.10 Å². The van der Waals surface area contributed by atoms with Crippen LogP contribution < -0.4 is 0 Å². The average molecular weight is 246 g/mol. The standard InChI is InChI=1S/C12H22O5/c1-2-3-15-10-12-11-16-7-6-13-4-5-14-8-9-17-12/h2,12H,1,3-11H2/t12-/m1/s1. The van der Waals surface area contributed by atoms with Crippen LogP contribution in [-0.2, 0) is 23.7 Å². The first-order chi connectivity index (χ1) is 8.43. The molecule has 0 aliphatic carbocycles. The van der Waals surface area contributed by atoms with Gasteiger partial charge in [0.1, 0.15) is 6.10 Å². The lowest BCUT2D eigenvalue weighted by Crippen LogP contribution is -2.29. The minimum atomic E-state index is -0.0574. The molecule has 1 fully saturated rings. The Bertz CT molecular complexity index is 174. The Kier molecular flexibility index (Phi) is 9.17. The monoisotopic (exact) mass is 246 g/mol. The van der Waals surface area contributed by atoms with Crippen molar-refractivity contribution in [2.45, 2.75) is 6.10 Å². The van der Waals surface area contributed by atoms with Gasteiger partial charge in [0, 0.05) is 0 Å². The summed E-state index contributed by atoms with van der Waals surface area (Å²) in [5.41, 5.74) is 0. The average Bonchev–Trinajstić information content (AvgIpc) is 2.32. The van der Waals surface area contributed by atoms with Crippen molar-refractivity contribution in [3.8, 4) is 0 Å². The predicted octanol–water partition coefficient (Wildman–Crippen LogP) is 0.638. The van der Waals surface area contributed by atoms with Crippen LogP contribution in [0.4, 0.5) is 0 Å². The first-order valence-corrected chi connectivity index (χ1v) is 5.97. The van der Waals surface area contributed by atoms with Crippen LogP contribution in [-0.4, -0.2) is 65.6 Å². The van der Waals surface area contributed by atoms with Crippen molar-refractivity contribution in [3.63, 3.8) is 0 Å². The summed E-state index contributed by atoms with van der Waals surface area (Å²) in [5, 5.41) is 0. The summed E-state index contributed by atoms with van der Waals surface area (Å²) < 4.78 is 27.1. The van der Waals surface area contributed by atoms with Gasteiger partial charge in [0.15, 0.2) is 0 Å². The first kappa shape index (κ1) is 14.6. The van der Waals surface area contributed by atoms with E-state index in [2.05, 4.69) is 6.58 Å². The molecule has 0 bridgehead atoms. The number of rotatable bonds is 4. The fourth-order valence-corrected chi connectivity index (χ4v) is 1.36. The molecule has 17 heavy (non-hydrogen) atoms. The summed E-state index contributed by atoms with van der Waals surface area (Å²) in [6.07, 6.45) is 1.66. The smallest absolute Gasteiger partial charge is 0.104 e. The highest BCUT2D eigenvalue weighted by molar-refractivity contribution is 4.65. The fourth-order valence-electron chi connectivity index (χ4n) is 1.36. The van der Waals surface area contributed by atoms with Gasteiger partial charge < -0.3 is 23.7 Å². The van der Waals surface area contributed by atoms with E-state index < -0.39 is 0 Å². The van der Waals surface area contributed by atoms with E-state index in [0.717, 1.165) is 0 Å². The molecular weight excluding hydrogens is 224 g/mol. The highest BCUT2D eigenvalue weighted by atomic mass is 16.6. The summed E-state index contributed by atoms with van der Waals surface area (Å²) in [4.78, 5) is 0. The molecule has 0 aromatic heterocycles. The second-order valence-electron chi connectivity index (χ2n) is 3.62. The molecule has 0 unspecified atom stereocenters. The summed E-state index contributed by atoms with van der Waals surface area (Å²) in [6.45, 7) is 8.62. The van der Waals surface area contributed by atoms with Gasteiger partial charge in [-0.15, -0.1) is 6.58 Å². The van der Waals surface area contributed by atoms with Crippen LogP contribution in [0.25, 0.3) is 0 Å². The lowest BCUT2D eigenvalue weighted by atomic mass is 10.4. The third-order valence-electron chi connectivity index (χ3n) is 2.17. The Morgan fingerprint density at radius 1 is 1.00 bits per heavy atom. The quantitative estimate of drug-likeness (QED) is 0.538. The highest BCUT2D eigenvalue weighted by Gasteiger charge is 2.10. The molecule has 5 nitrogen and oxygen atoms in total. The van der Waals surface area contributed by atoms with Gasteiger partial charge in [-0.25, -0.2) is 0 Å². The van der Waals surface area contributed by atoms with Gasteiger partial charge in [0.2, 0.25) is 0 Å². The van der Waals surface area contributed by atoms with Crippen molar-refractivity contribution in [2.75, 3.05) is 59.5 Å². The maximum atomic E-state index is 5.61. The number of hydrogen-bond acceptors (Lipinski definition) is 5. The van der Waals surface area contributed by atoms with Gasteiger partial charge in [0.25, 0.3) is 0 Å². The van der Waals surface area contributed by atoms with Crippen LogP contribution in [0.3, 0.4) is 0 Å². The second-order valence-corrected chi connectivity index (χ2v) is 3.62. The van der Waals surface area contributed by atoms with Crippen molar-refractivity contribution in [2.24, 2.45) is 0 Å². The molecule has 0 N–H and O–H groups in total. The fraction of sp³-hybridized carbons (Fsp3) is 0.833. The van der Waals surface area contributed by atoms with E-state index in [9.17, 15) is 0 Å². The molecular formula is C12H22O5. The van der Waals surface area contributed by atoms with Crippen LogP contribution in [0.15, 0.2) is 12.7 Å². The summed E-state index contributed by atoms with van der Waals surface area (Å²) in [5.74, 6) is 0. The molecule has 5 heteroatoms. The zero-order valence-corrected chi connectivity index (χ0v) is 10.3. The SMILES string of the molecule is C=CCOC[C@@H]1COCCOCCOCCO1. The van der Waals surface area contributed by atoms with E-state index in [4.69, 9.17) is 23.7 Å². The molecule has 1 aliphatic rings. The van der Waals surface area contributed by atoms with Gasteiger partial charge >= 0.3 is 0 Å². The van der Waals surface area contributed by atoms with E-state index in [1.165, 1.54) is 0 Å². The topological polar surface area (TPSA) is 46.2 Å². The Balaban J connectivity index is 2.19. The van der Waals surface area contributed by atoms with Crippen molar-refractivity contribution >= 4 is 0 Å². The molecule has 0 aromatic carbocycles. The molecule has 0 amide bonds. The minimum Gasteiger partial charge on any atom is -0.377 e. The summed E-state index contributed by atoms with van der Waals surface area (Å²) in [6, 6.07) is 0. The normalized spacial score (nSPS) is 24.6. The molecule has 0 saturated carbocycles. The van der Waals surface area contributed by atoms with Gasteiger partial charge in [-0.3, -0.25) is 0 Å². The van der Waals surface area contributed by atoms with Crippen molar-refractivity contribution in [1.29, 1.82) is 0 Å². The van der Waals surface area contributed by atoms with E-state index in [0.29, 0.717) is 59.5 Å². The molecule has 1 atom stereocenters. The van der Waals surface area contributed by atoms with Crippen LogP contribution in [0.5, 0.6) is 0 Å². The lowest BCUT2D eigenvalue weighted by molar-refractivity contribution is -0.0879. The molecule has 0 aromatic rings. The largest absolute Gasteiger partial charge is 0.377 e. The zero-order chi connectivity index (χ0) is 12.2. The molecule has 0 spiro atoms. The third kappa shape index (κ3) is 8.29. The van der Waals surface area contributed by atoms with Crippen molar-refractivity contribution in [3.05, 3.63) is 12.7 Å². The van der Waals surface area contributed by atoms with Crippen molar-refractivity contribution < 1.29 is 23.7 Å². The van der Waals surface area contributed by atoms with Crippen molar-refractivity contribution in [1.82, 2.24) is 0 Å². The molecule has 100 valence electrons. The van der Waals surface area contributed by atoms with Crippen LogP contribution in [0.1, 0.15) is 0 Å². The van der Waals surface area contributed by atoms with E-state index >= 15 is 0 Å². The summed E-state index contributed by atoms with van der Waals surface area (Å²) in [7, 11) is 0. The van der Waals surface area contributed by atoms with Crippen LogP contribution >= 0.6 is 0 Å². The first-order valence-electron chi connectivity index (χ1n) is 5.97. The molecule has 1 heterocycles. The molecule has 1 rings (SSSR count). The van der Waals surface area contributed by atoms with Crippen LogP contribution in [0, 0.1) is 0 Å². The third-order valence-corrected chi connectivity index (χ3v) is 2.17. The Morgan fingerprint density at radius 2 is 1.65 bits per heavy atom. The zero-order valence-electron chi connectivity index (χ0n) is 10.3. The van der Waals surface area contributed by atoms with E-state index in [1.807, 2.05) is 0 Å². The predicted molar refractivity (Wildman–Crippen MR) is 63.2 cm³/mol. The maximum Gasteiger partial charge on any atom is 0.104 e. The highest BCUT2D eigenvalue weighted by Crippen LogP contribution is 1.97. The number of hydrogen-bond donors (Lipinski definition) is 0. The van der Waals surface area contributed by atoms with Gasteiger partial charge in [-0.1, -0.05) is 6.08 Å². The molecule has 0 radical (unpaired) electrons. The Hall–Kier alpha value is -0.460. The van der Waals surface area contributed by atoms with Gasteiger partial charge in [-0.2, -0.15) is 0 Å². The molecule has 1 aliphatic heterocycles. The van der Waals surface area contributed by atoms with Gasteiger partial charge in [-0.05, 0) is 0 Å². The van der Waals surface area contributed by atoms with E-state index in [1.54, 1.807) is 6.08 Å². The molecule has 1 saturated heterocycles.